The molecule has 0 aliphatic carbocycles. The summed E-state index contributed by atoms with van der Waals surface area (Å²) in [6, 6.07) is 21.8. The van der Waals surface area contributed by atoms with Gasteiger partial charge >= 0.3 is 0 Å². The molecule has 0 bridgehead atoms. The summed E-state index contributed by atoms with van der Waals surface area (Å²) in [5, 5.41) is 1.17. The molecule has 3 nitrogen and oxygen atoms in total. The topological polar surface area (TPSA) is 34.5 Å². The first-order valence-electron chi connectivity index (χ1n) is 11.5. The van der Waals surface area contributed by atoms with Gasteiger partial charge < -0.3 is 9.72 Å². The minimum Gasteiger partial charge on any atom is -0.665 e. The number of benzene rings is 2. The van der Waals surface area contributed by atoms with Crippen LogP contribution in [0.1, 0.15) is 49.3 Å². The summed E-state index contributed by atoms with van der Waals surface area (Å²) in [4.78, 5) is 9.90. The third kappa shape index (κ3) is 8.16. The summed E-state index contributed by atoms with van der Waals surface area (Å²) in [5.74, 6) is 0.831. The van der Waals surface area contributed by atoms with Crippen LogP contribution in [0.25, 0.3) is 20.7 Å². The van der Waals surface area contributed by atoms with Gasteiger partial charge in [0.05, 0.1) is 5.75 Å². The van der Waals surface area contributed by atoms with Gasteiger partial charge in [-0.3, -0.25) is 4.99 Å². The molecule has 0 fully saturated rings. The molecule has 0 aliphatic heterocycles. The van der Waals surface area contributed by atoms with E-state index in [1.807, 2.05) is 43.6 Å². The van der Waals surface area contributed by atoms with Gasteiger partial charge in [-0.1, -0.05) is 56.5 Å². The molecule has 0 amide bonds. The van der Waals surface area contributed by atoms with Gasteiger partial charge in [0.15, 0.2) is 0 Å². The molecule has 0 aliphatic rings. The molecule has 0 saturated carbocycles. The Balaban J connectivity index is 0.000000236. The molecule has 181 valence electrons. The molecule has 2 aromatic heterocycles. The third-order valence-corrected chi connectivity index (χ3v) is 6.30. The monoisotopic (exact) mass is 649 g/mol. The van der Waals surface area contributed by atoms with Crippen molar-refractivity contribution in [3.8, 4) is 16.3 Å². The Morgan fingerprint density at radius 2 is 1.85 bits per heavy atom. The molecule has 5 heteroatoms. The van der Waals surface area contributed by atoms with E-state index in [0.29, 0.717) is 0 Å². The molecule has 1 radical (unpaired) electrons. The van der Waals surface area contributed by atoms with Gasteiger partial charge in [0, 0.05) is 50.3 Å². The van der Waals surface area contributed by atoms with Crippen LogP contribution in [0.3, 0.4) is 0 Å². The van der Waals surface area contributed by atoms with Crippen LogP contribution in [0, 0.1) is 27.0 Å². The van der Waals surface area contributed by atoms with Crippen LogP contribution < -0.4 is 4.74 Å². The number of pyridine rings is 1. The van der Waals surface area contributed by atoms with Crippen LogP contribution in [0.2, 0.25) is 0 Å². The number of fused-ring (bicyclic) bond motifs is 1. The van der Waals surface area contributed by atoms with E-state index in [2.05, 4.69) is 67.3 Å². The van der Waals surface area contributed by atoms with E-state index in [4.69, 9.17) is 4.74 Å². The van der Waals surface area contributed by atoms with Gasteiger partial charge in [-0.05, 0) is 53.1 Å². The number of hydrogen-bond acceptors (Lipinski definition) is 4. The summed E-state index contributed by atoms with van der Waals surface area (Å²) in [7, 11) is 3.51. The number of unbranched alkanes of at least 4 members (excludes halogenated alkanes) is 3. The largest absolute Gasteiger partial charge is 0.665 e. The van der Waals surface area contributed by atoms with E-state index in [-0.39, 0.29) is 20.1 Å². The second-order valence-electron chi connectivity index (χ2n) is 8.01. The molecule has 0 N–H and O–H groups in total. The number of nitrogens with zero attached hydrogens (tertiary/aromatic N) is 2. The quantitative estimate of drug-likeness (QED) is 0.110. The fourth-order valence-electron chi connectivity index (χ4n) is 3.60. The van der Waals surface area contributed by atoms with Crippen molar-refractivity contribution in [2.45, 2.75) is 46.5 Å². The minimum atomic E-state index is 0. The second-order valence-corrected chi connectivity index (χ2v) is 9.06. The third-order valence-electron chi connectivity index (χ3n) is 5.21. The van der Waals surface area contributed by atoms with Crippen molar-refractivity contribution >= 4 is 27.6 Å². The average Bonchev–Trinajstić information content (AvgIpc) is 3.27. The molecule has 0 atom stereocenters. The van der Waals surface area contributed by atoms with Crippen molar-refractivity contribution in [1.82, 2.24) is 4.98 Å². The Labute approximate surface area is 221 Å². The molecule has 2 aromatic carbocycles. The normalized spacial score (nSPS) is 10.6. The summed E-state index contributed by atoms with van der Waals surface area (Å²) in [5.41, 5.74) is 4.36. The maximum absolute atomic E-state index is 5.19. The average molecular weight is 649 g/mol. The van der Waals surface area contributed by atoms with Crippen molar-refractivity contribution in [1.29, 1.82) is 0 Å². The Bertz CT molecular complexity index is 1140. The number of aryl methyl sites for hydroxylation is 2. The van der Waals surface area contributed by atoms with Crippen molar-refractivity contribution in [3.05, 3.63) is 90.7 Å². The Morgan fingerprint density at radius 3 is 2.56 bits per heavy atom. The predicted octanol–water partition coefficient (Wildman–Crippen LogP) is 8.23. The minimum absolute atomic E-state index is 0. The summed E-state index contributed by atoms with van der Waals surface area (Å²) in [6.07, 6.45) is 8.71. The van der Waals surface area contributed by atoms with Crippen molar-refractivity contribution in [2.75, 3.05) is 6.54 Å². The fraction of sp³-hybridized carbons (Fsp3) is 0.276. The maximum Gasteiger partial charge on any atom is 0.0963 e. The first-order chi connectivity index (χ1) is 16.1. The van der Waals surface area contributed by atoms with Crippen LogP contribution in [0.4, 0.5) is 0 Å². The molecule has 2 heterocycles. The molecular weight excluding hydrogens is 617 g/mol. The number of aliphatic imine (C=N–C) groups is 1. The van der Waals surface area contributed by atoms with Crippen LogP contribution in [-0.2, 0) is 20.1 Å². The molecule has 4 rings (SSSR count). The number of rotatable bonds is 8. The molecular formula is C29H32IrN2OS-2. The Morgan fingerprint density at radius 1 is 1.06 bits per heavy atom. The van der Waals surface area contributed by atoms with E-state index in [0.717, 1.165) is 40.4 Å². The van der Waals surface area contributed by atoms with Gasteiger partial charge in [0.25, 0.3) is 0 Å². The van der Waals surface area contributed by atoms with Crippen molar-refractivity contribution in [2.24, 2.45) is 4.99 Å². The zero-order valence-electron chi connectivity index (χ0n) is 20.1. The maximum atomic E-state index is 5.19. The zero-order valence-corrected chi connectivity index (χ0v) is 23.3. The van der Waals surface area contributed by atoms with Crippen LogP contribution in [-0.4, -0.2) is 17.7 Å². The molecule has 0 saturated heterocycles. The van der Waals surface area contributed by atoms with E-state index in [1.165, 1.54) is 34.9 Å². The van der Waals surface area contributed by atoms with E-state index in [9.17, 15) is 0 Å². The zero-order chi connectivity index (χ0) is 23.5. The van der Waals surface area contributed by atoms with Gasteiger partial charge in [-0.2, -0.15) is 7.11 Å². The fourth-order valence-corrected chi connectivity index (χ4v) is 4.58. The summed E-state index contributed by atoms with van der Waals surface area (Å²) < 4.78 is 6.45. The number of ether oxygens (including phenoxy) is 1. The first-order valence-corrected chi connectivity index (χ1v) is 12.3. The van der Waals surface area contributed by atoms with E-state index >= 15 is 0 Å². The van der Waals surface area contributed by atoms with Crippen molar-refractivity contribution in [3.63, 3.8) is 0 Å². The number of thiophene rings is 1. The van der Waals surface area contributed by atoms with Crippen LogP contribution in [0.15, 0.2) is 65.8 Å². The number of hydrogen-bond donors (Lipinski definition) is 0. The van der Waals surface area contributed by atoms with E-state index in [1.54, 1.807) is 11.3 Å². The smallest absolute Gasteiger partial charge is 0.0963 e. The Hall–Kier alpha value is -2.33. The molecule has 4 aromatic rings. The standard InChI is InChI=1S/C16H24NO.C13H8NS.Ir/c1-5-6-7-8-9-17-12-15-11-13(2)10-14(3)16(15)18-4;1-2-7-12-10(5-1)9-13(15-12)11-6-3-4-8-14-11;/h10-12H,4-9H2,1-3H3;1-8H;/q2*-1;. The van der Waals surface area contributed by atoms with Gasteiger partial charge in [0.2, 0.25) is 0 Å². The van der Waals surface area contributed by atoms with E-state index < -0.39 is 0 Å². The van der Waals surface area contributed by atoms with Gasteiger partial charge in [0.1, 0.15) is 0 Å². The second kappa shape index (κ2) is 14.8. The summed E-state index contributed by atoms with van der Waals surface area (Å²) >= 11 is 1.73. The SMILES string of the molecule is [CH2-]Oc1c(C)cc(C)cc1C=NCCCCCC.[Ir].[c-]1c(-c2ccccn2)sc2ccccc12. The van der Waals surface area contributed by atoms with Gasteiger partial charge in [-0.15, -0.1) is 23.6 Å². The number of aromatic nitrogens is 1. The van der Waals surface area contributed by atoms with Crippen LogP contribution in [0.5, 0.6) is 5.75 Å². The summed E-state index contributed by atoms with van der Waals surface area (Å²) in [6.45, 7) is 7.23. The molecule has 0 unspecified atom stereocenters. The molecule has 0 spiro atoms. The van der Waals surface area contributed by atoms with Crippen molar-refractivity contribution < 1.29 is 24.8 Å². The van der Waals surface area contributed by atoms with Gasteiger partial charge in [-0.25, -0.2) is 11.3 Å². The predicted molar refractivity (Wildman–Crippen MR) is 142 cm³/mol. The Kier molecular flexibility index (Phi) is 12.2. The first kappa shape index (κ1) is 27.9. The molecule has 34 heavy (non-hydrogen) atoms. The van der Waals surface area contributed by atoms with Crippen LogP contribution >= 0.6 is 11.3 Å².